The molecule has 8 nitrogen and oxygen atoms in total. The van der Waals surface area contributed by atoms with E-state index in [1.807, 2.05) is 12.1 Å². The maximum Gasteiger partial charge on any atom is 0.289 e. The molecule has 4 heterocycles. The number of para-hydroxylation sites is 1. The molecule has 1 amide bonds. The topological polar surface area (TPSA) is 80.3 Å². The Balaban J connectivity index is 1.41. The average molecular weight is 376 g/mol. The zero-order chi connectivity index (χ0) is 19.1. The second kappa shape index (κ2) is 6.63. The third-order valence-electron chi connectivity index (χ3n) is 5.26. The Bertz CT molecular complexity index is 1140. The fraction of sp³-hybridized carbons (Fsp3) is 0.300. The molecule has 3 aromatic heterocycles. The lowest BCUT2D eigenvalue weighted by molar-refractivity contribution is 0.0714. The molecule has 142 valence electrons. The van der Waals surface area contributed by atoms with Gasteiger partial charge in [0, 0.05) is 38.1 Å². The highest BCUT2D eigenvalue weighted by molar-refractivity contribution is 6.04. The molecule has 0 atom stereocenters. The van der Waals surface area contributed by atoms with Gasteiger partial charge in [0.25, 0.3) is 5.91 Å². The molecule has 0 saturated carbocycles. The number of amides is 1. The Morgan fingerprint density at radius 1 is 1.07 bits per heavy atom. The van der Waals surface area contributed by atoms with Crippen LogP contribution in [0.1, 0.15) is 17.5 Å². The lowest BCUT2D eigenvalue weighted by Gasteiger charge is -2.34. The van der Waals surface area contributed by atoms with Crippen LogP contribution in [-0.4, -0.2) is 56.7 Å². The van der Waals surface area contributed by atoms with E-state index in [4.69, 9.17) is 9.40 Å². The number of furan rings is 1. The van der Waals surface area contributed by atoms with Crippen LogP contribution in [0.3, 0.4) is 0 Å². The van der Waals surface area contributed by atoms with Crippen LogP contribution in [0, 0.1) is 0 Å². The molecule has 5 rings (SSSR count). The number of rotatable bonds is 3. The van der Waals surface area contributed by atoms with E-state index < -0.39 is 0 Å². The van der Waals surface area contributed by atoms with E-state index in [-0.39, 0.29) is 5.91 Å². The van der Waals surface area contributed by atoms with Gasteiger partial charge < -0.3 is 18.8 Å². The quantitative estimate of drug-likeness (QED) is 0.547. The predicted octanol–water partition coefficient (Wildman–Crippen LogP) is 2.55. The molecule has 0 unspecified atom stereocenters. The summed E-state index contributed by atoms with van der Waals surface area (Å²) in [6.45, 7) is 5.42. The molecule has 0 spiro atoms. The lowest BCUT2D eigenvalue weighted by Crippen LogP contribution is -2.49. The monoisotopic (exact) mass is 376 g/mol. The Labute approximate surface area is 161 Å². The molecule has 4 aromatic rings. The van der Waals surface area contributed by atoms with E-state index in [1.165, 1.54) is 6.26 Å². The van der Waals surface area contributed by atoms with E-state index in [1.54, 1.807) is 17.0 Å². The number of aromatic nitrogens is 4. The van der Waals surface area contributed by atoms with Crippen molar-refractivity contribution in [1.82, 2.24) is 24.6 Å². The van der Waals surface area contributed by atoms with Gasteiger partial charge in [-0.1, -0.05) is 18.2 Å². The van der Waals surface area contributed by atoms with Crippen LogP contribution in [0.5, 0.6) is 0 Å². The molecule has 8 heteroatoms. The number of anilines is 1. The van der Waals surface area contributed by atoms with Gasteiger partial charge in [-0.2, -0.15) is 4.98 Å². The first-order chi connectivity index (χ1) is 13.8. The van der Waals surface area contributed by atoms with Crippen molar-refractivity contribution < 1.29 is 9.21 Å². The molecular formula is C20H20N6O2. The molecule has 0 N–H and O–H groups in total. The highest BCUT2D eigenvalue weighted by atomic mass is 16.3. The first-order valence-corrected chi connectivity index (χ1v) is 9.45. The summed E-state index contributed by atoms with van der Waals surface area (Å²) in [5.41, 5.74) is 2.79. The molecule has 0 radical (unpaired) electrons. The Kier molecular flexibility index (Phi) is 3.96. The van der Waals surface area contributed by atoms with Crippen LogP contribution in [0.2, 0.25) is 0 Å². The summed E-state index contributed by atoms with van der Waals surface area (Å²) >= 11 is 0. The van der Waals surface area contributed by atoms with Crippen molar-refractivity contribution >= 4 is 33.9 Å². The van der Waals surface area contributed by atoms with Crippen LogP contribution in [0.25, 0.3) is 22.1 Å². The summed E-state index contributed by atoms with van der Waals surface area (Å²) in [5, 5.41) is 9.92. The number of carbonyl (C=O) groups excluding carboxylic acids is 1. The minimum Gasteiger partial charge on any atom is -0.459 e. The van der Waals surface area contributed by atoms with E-state index in [0.717, 1.165) is 28.6 Å². The number of piperazine rings is 1. The number of benzene rings is 1. The molecular weight excluding hydrogens is 356 g/mol. The number of hydrogen-bond donors (Lipinski definition) is 0. The molecule has 0 bridgehead atoms. The highest BCUT2D eigenvalue weighted by Gasteiger charge is 2.25. The minimum absolute atomic E-state index is 0.0785. The molecule has 1 fully saturated rings. The summed E-state index contributed by atoms with van der Waals surface area (Å²) in [6, 6.07) is 11.6. The second-order valence-electron chi connectivity index (χ2n) is 6.80. The summed E-state index contributed by atoms with van der Waals surface area (Å²) in [6.07, 6.45) is 1.52. The smallest absolute Gasteiger partial charge is 0.289 e. The normalized spacial score (nSPS) is 14.9. The maximum atomic E-state index is 12.4. The molecule has 1 aromatic carbocycles. The van der Waals surface area contributed by atoms with Gasteiger partial charge >= 0.3 is 0 Å². The van der Waals surface area contributed by atoms with Crippen molar-refractivity contribution in [2.45, 2.75) is 13.5 Å². The summed E-state index contributed by atoms with van der Waals surface area (Å²) in [5.74, 6) is 0.903. The molecule has 1 saturated heterocycles. The fourth-order valence-electron chi connectivity index (χ4n) is 3.82. The van der Waals surface area contributed by atoms with Crippen LogP contribution in [0.15, 0.2) is 47.1 Å². The van der Waals surface area contributed by atoms with E-state index in [9.17, 15) is 4.79 Å². The number of aryl methyl sites for hydroxylation is 1. The van der Waals surface area contributed by atoms with Gasteiger partial charge in [0.2, 0.25) is 5.95 Å². The van der Waals surface area contributed by atoms with E-state index in [2.05, 4.69) is 38.7 Å². The first-order valence-electron chi connectivity index (χ1n) is 9.45. The zero-order valence-corrected chi connectivity index (χ0v) is 15.6. The van der Waals surface area contributed by atoms with Crippen molar-refractivity contribution in [1.29, 1.82) is 0 Å². The SMILES string of the molecule is CCn1c2ccccc2c2nnc(N3CCN(C(=O)c4ccco4)CC3)nc21. The van der Waals surface area contributed by atoms with Gasteiger partial charge in [0.05, 0.1) is 11.8 Å². The summed E-state index contributed by atoms with van der Waals surface area (Å²) in [4.78, 5) is 21.1. The lowest BCUT2D eigenvalue weighted by atomic mass is 10.2. The van der Waals surface area contributed by atoms with E-state index >= 15 is 0 Å². The third kappa shape index (κ3) is 2.60. The highest BCUT2D eigenvalue weighted by Crippen LogP contribution is 2.27. The van der Waals surface area contributed by atoms with Crippen LogP contribution in [-0.2, 0) is 6.54 Å². The number of fused-ring (bicyclic) bond motifs is 3. The number of carbonyl (C=O) groups is 1. The molecule has 1 aliphatic heterocycles. The largest absolute Gasteiger partial charge is 0.459 e. The molecule has 28 heavy (non-hydrogen) atoms. The Hall–Kier alpha value is -3.42. The summed E-state index contributed by atoms with van der Waals surface area (Å²) < 4.78 is 7.39. The van der Waals surface area contributed by atoms with Crippen molar-refractivity contribution in [3.8, 4) is 0 Å². The van der Waals surface area contributed by atoms with Crippen molar-refractivity contribution in [3.63, 3.8) is 0 Å². The zero-order valence-electron chi connectivity index (χ0n) is 15.6. The maximum absolute atomic E-state index is 12.4. The van der Waals surface area contributed by atoms with Crippen molar-refractivity contribution in [2.75, 3.05) is 31.1 Å². The number of nitrogens with zero attached hydrogens (tertiary/aromatic N) is 6. The first kappa shape index (κ1) is 16.7. The van der Waals surface area contributed by atoms with Crippen LogP contribution < -0.4 is 4.90 Å². The second-order valence-corrected chi connectivity index (χ2v) is 6.80. The Morgan fingerprint density at radius 3 is 2.64 bits per heavy atom. The van der Waals surface area contributed by atoms with Gasteiger partial charge in [0.1, 0.15) is 5.52 Å². The van der Waals surface area contributed by atoms with Crippen molar-refractivity contribution in [3.05, 3.63) is 48.4 Å². The summed E-state index contributed by atoms with van der Waals surface area (Å²) in [7, 11) is 0. The predicted molar refractivity (Wildman–Crippen MR) is 105 cm³/mol. The van der Waals surface area contributed by atoms with E-state index in [0.29, 0.717) is 37.9 Å². The molecule has 1 aliphatic rings. The van der Waals surface area contributed by atoms with Crippen molar-refractivity contribution in [2.24, 2.45) is 0 Å². The van der Waals surface area contributed by atoms with Crippen LogP contribution in [0.4, 0.5) is 5.95 Å². The van der Waals surface area contributed by atoms with Gasteiger partial charge in [-0.05, 0) is 25.1 Å². The van der Waals surface area contributed by atoms with Gasteiger partial charge in [-0.25, -0.2) is 0 Å². The Morgan fingerprint density at radius 2 is 1.89 bits per heavy atom. The standard InChI is InChI=1S/C20H20N6O2/c1-2-26-15-7-4-3-6-14(15)17-18(26)21-20(23-22-17)25-11-9-24(10-12-25)19(27)16-8-5-13-28-16/h3-8,13H,2,9-12H2,1H3. The molecule has 0 aliphatic carbocycles. The van der Waals surface area contributed by atoms with Gasteiger partial charge in [0.15, 0.2) is 11.4 Å². The van der Waals surface area contributed by atoms with Gasteiger partial charge in [-0.15, -0.1) is 10.2 Å². The minimum atomic E-state index is -0.0785. The fourth-order valence-corrected chi connectivity index (χ4v) is 3.82. The number of hydrogen-bond acceptors (Lipinski definition) is 6. The average Bonchev–Trinajstić information content (AvgIpc) is 3.39. The van der Waals surface area contributed by atoms with Gasteiger partial charge in [-0.3, -0.25) is 4.79 Å². The third-order valence-corrected chi connectivity index (χ3v) is 5.26. The van der Waals surface area contributed by atoms with Crippen LogP contribution >= 0.6 is 0 Å².